The van der Waals surface area contributed by atoms with Crippen molar-refractivity contribution in [2.45, 2.75) is 32.1 Å². The smallest absolute Gasteiger partial charge is 0.407 e. The number of pyridine rings is 1. The summed E-state index contributed by atoms with van der Waals surface area (Å²) in [5.41, 5.74) is 2.28. The Kier molecular flexibility index (Phi) is 4.16. The zero-order valence-electron chi connectivity index (χ0n) is 13.8. The highest BCUT2D eigenvalue weighted by Gasteiger charge is 2.31. The number of nitrogens with one attached hydrogen (secondary N) is 1. The Morgan fingerprint density at radius 2 is 2.30 bits per heavy atom. The van der Waals surface area contributed by atoms with Crippen molar-refractivity contribution in [1.82, 2.24) is 14.9 Å². The van der Waals surface area contributed by atoms with Gasteiger partial charge in [0.15, 0.2) is 0 Å². The Morgan fingerprint density at radius 1 is 1.52 bits per heavy atom. The molecule has 0 radical (unpaired) electrons. The molecule has 1 fully saturated rings. The summed E-state index contributed by atoms with van der Waals surface area (Å²) >= 11 is 0. The lowest BCUT2D eigenvalue weighted by atomic mass is 10.0. The molecular formula is C16H23N3O3Si. The van der Waals surface area contributed by atoms with E-state index in [1.807, 2.05) is 12.3 Å². The minimum Gasteiger partial charge on any atom is -0.465 e. The van der Waals surface area contributed by atoms with Crippen LogP contribution in [0.4, 0.5) is 4.79 Å². The maximum Gasteiger partial charge on any atom is 0.407 e. The molecule has 1 amide bonds. The number of aromatic nitrogens is 2. The second-order valence-electron chi connectivity index (χ2n) is 7.06. The Balaban J connectivity index is 2.02. The van der Waals surface area contributed by atoms with Gasteiger partial charge in [0.1, 0.15) is 0 Å². The van der Waals surface area contributed by atoms with E-state index in [0.29, 0.717) is 26.2 Å². The first-order valence-electron chi connectivity index (χ1n) is 7.90. The van der Waals surface area contributed by atoms with E-state index in [4.69, 9.17) is 4.74 Å². The van der Waals surface area contributed by atoms with Gasteiger partial charge in [0.05, 0.1) is 27.3 Å². The topological polar surface area (TPSA) is 78.5 Å². The molecule has 0 aliphatic carbocycles. The predicted molar refractivity (Wildman–Crippen MR) is 92.1 cm³/mol. The highest BCUT2D eigenvalue weighted by atomic mass is 28.3. The number of fused-ring (bicyclic) bond motifs is 1. The van der Waals surface area contributed by atoms with Crippen LogP contribution in [0.3, 0.4) is 0 Å². The molecule has 2 aromatic heterocycles. The van der Waals surface area contributed by atoms with E-state index in [1.54, 1.807) is 6.20 Å². The lowest BCUT2D eigenvalue weighted by Crippen LogP contribution is -2.50. The highest BCUT2D eigenvalue weighted by molar-refractivity contribution is 6.88. The number of amides is 1. The van der Waals surface area contributed by atoms with Crippen molar-refractivity contribution in [1.29, 1.82) is 0 Å². The third-order valence-electron chi connectivity index (χ3n) is 4.37. The summed E-state index contributed by atoms with van der Waals surface area (Å²) < 4.78 is 5.53. The van der Waals surface area contributed by atoms with Crippen LogP contribution in [0.15, 0.2) is 18.5 Å². The van der Waals surface area contributed by atoms with Crippen LogP contribution in [0.2, 0.25) is 19.6 Å². The number of nitrogens with zero attached hydrogens (tertiary/aromatic N) is 2. The number of morpholine rings is 1. The van der Waals surface area contributed by atoms with Crippen LogP contribution in [0.25, 0.3) is 10.9 Å². The predicted octanol–water partition coefficient (Wildman–Crippen LogP) is 2.03. The third-order valence-corrected chi connectivity index (χ3v) is 6.30. The van der Waals surface area contributed by atoms with Gasteiger partial charge in [-0.15, -0.1) is 0 Å². The summed E-state index contributed by atoms with van der Waals surface area (Å²) in [5, 5.41) is 11.8. The van der Waals surface area contributed by atoms with Crippen molar-refractivity contribution < 1.29 is 14.6 Å². The van der Waals surface area contributed by atoms with Crippen LogP contribution in [-0.2, 0) is 11.2 Å². The number of carbonyl (C=O) groups is 1. The van der Waals surface area contributed by atoms with Crippen LogP contribution in [0, 0.1) is 0 Å². The van der Waals surface area contributed by atoms with Gasteiger partial charge >= 0.3 is 6.09 Å². The first-order chi connectivity index (χ1) is 10.9. The molecule has 1 aliphatic rings. The molecule has 1 atom stereocenters. The van der Waals surface area contributed by atoms with Gasteiger partial charge in [0.25, 0.3) is 0 Å². The Morgan fingerprint density at radius 3 is 3.00 bits per heavy atom. The molecule has 6 nitrogen and oxygen atoms in total. The average molecular weight is 333 g/mol. The van der Waals surface area contributed by atoms with E-state index in [9.17, 15) is 9.90 Å². The van der Waals surface area contributed by atoms with Crippen LogP contribution in [-0.4, -0.2) is 59.9 Å². The van der Waals surface area contributed by atoms with Gasteiger partial charge in [-0.2, -0.15) is 0 Å². The first kappa shape index (κ1) is 16.0. The second kappa shape index (κ2) is 5.97. The number of hydrogen-bond acceptors (Lipinski definition) is 3. The van der Waals surface area contributed by atoms with Gasteiger partial charge < -0.3 is 19.7 Å². The lowest BCUT2D eigenvalue weighted by Gasteiger charge is -2.34. The zero-order valence-corrected chi connectivity index (χ0v) is 14.8. The van der Waals surface area contributed by atoms with Gasteiger partial charge in [-0.25, -0.2) is 4.79 Å². The number of hydrogen-bond donors (Lipinski definition) is 2. The molecular weight excluding hydrogens is 310 g/mol. The quantitative estimate of drug-likeness (QED) is 0.843. The van der Waals surface area contributed by atoms with E-state index >= 15 is 0 Å². The number of H-pyrrole nitrogens is 1. The molecule has 1 aliphatic heterocycles. The van der Waals surface area contributed by atoms with Crippen LogP contribution in [0.5, 0.6) is 0 Å². The molecule has 0 aromatic carbocycles. The molecule has 23 heavy (non-hydrogen) atoms. The Bertz CT molecular complexity index is 723. The Labute approximate surface area is 136 Å². The summed E-state index contributed by atoms with van der Waals surface area (Å²) in [5.74, 6) is 0. The molecule has 0 spiro atoms. The van der Waals surface area contributed by atoms with Gasteiger partial charge in [-0.3, -0.25) is 4.98 Å². The molecule has 0 unspecified atom stereocenters. The fraction of sp³-hybridized carbons (Fsp3) is 0.500. The van der Waals surface area contributed by atoms with Gasteiger partial charge in [0, 0.05) is 35.2 Å². The van der Waals surface area contributed by atoms with E-state index in [-0.39, 0.29) is 6.04 Å². The van der Waals surface area contributed by atoms with Crippen LogP contribution < -0.4 is 5.32 Å². The first-order valence-corrected chi connectivity index (χ1v) is 11.4. The summed E-state index contributed by atoms with van der Waals surface area (Å²) in [4.78, 5) is 20.8. The molecule has 3 rings (SSSR count). The zero-order chi connectivity index (χ0) is 16.6. The molecule has 7 heteroatoms. The van der Waals surface area contributed by atoms with Crippen molar-refractivity contribution in [3.8, 4) is 0 Å². The van der Waals surface area contributed by atoms with Gasteiger partial charge in [-0.1, -0.05) is 19.6 Å². The van der Waals surface area contributed by atoms with Crippen LogP contribution >= 0.6 is 0 Å². The summed E-state index contributed by atoms with van der Waals surface area (Å²) in [6.45, 7) is 8.23. The standard InChI is InChI=1S/C16H23N3O3Si/c1-23(2,3)15-12(13-9-17-5-4-14(13)18-15)8-11-10-22-7-6-19(11)16(20)21/h4-5,9,11,18H,6-8,10H2,1-3H3,(H,20,21)/t11-/m0/s1. The maximum absolute atomic E-state index is 11.5. The minimum absolute atomic E-state index is 0.143. The molecule has 2 aromatic rings. The molecule has 0 bridgehead atoms. The summed E-state index contributed by atoms with van der Waals surface area (Å²) in [6, 6.07) is 1.84. The fourth-order valence-electron chi connectivity index (χ4n) is 3.25. The number of aromatic amines is 1. The molecule has 2 N–H and O–H groups in total. The summed E-state index contributed by atoms with van der Waals surface area (Å²) in [6.07, 6.45) is 3.45. The average Bonchev–Trinajstić information content (AvgIpc) is 2.87. The largest absolute Gasteiger partial charge is 0.465 e. The van der Waals surface area contributed by atoms with Gasteiger partial charge in [-0.05, 0) is 18.1 Å². The lowest BCUT2D eigenvalue weighted by molar-refractivity contribution is 0.000442. The van der Waals surface area contributed by atoms with Crippen molar-refractivity contribution in [2.24, 2.45) is 0 Å². The van der Waals surface area contributed by atoms with Crippen molar-refractivity contribution in [2.75, 3.05) is 19.8 Å². The maximum atomic E-state index is 11.5. The van der Waals surface area contributed by atoms with Gasteiger partial charge in [0.2, 0.25) is 0 Å². The third kappa shape index (κ3) is 3.11. The normalized spacial score (nSPS) is 19.3. The van der Waals surface area contributed by atoms with Crippen molar-refractivity contribution in [3.63, 3.8) is 0 Å². The van der Waals surface area contributed by atoms with Crippen molar-refractivity contribution >= 4 is 30.4 Å². The number of ether oxygens (including phenoxy) is 1. The summed E-state index contributed by atoms with van der Waals surface area (Å²) in [7, 11) is -1.58. The Hall–Kier alpha value is -1.86. The fourth-order valence-corrected chi connectivity index (χ4v) is 4.90. The molecule has 1 saturated heterocycles. The monoisotopic (exact) mass is 333 g/mol. The number of carboxylic acid groups (broad SMARTS) is 1. The van der Waals surface area contributed by atoms with E-state index in [2.05, 4.69) is 29.6 Å². The molecule has 3 heterocycles. The highest BCUT2D eigenvalue weighted by Crippen LogP contribution is 2.22. The van der Waals surface area contributed by atoms with E-state index in [0.717, 1.165) is 10.9 Å². The van der Waals surface area contributed by atoms with Crippen molar-refractivity contribution in [3.05, 3.63) is 24.0 Å². The van der Waals surface area contributed by atoms with Crippen LogP contribution in [0.1, 0.15) is 5.56 Å². The minimum atomic E-state index is -1.58. The molecule has 0 saturated carbocycles. The van der Waals surface area contributed by atoms with E-state index < -0.39 is 14.2 Å². The van der Waals surface area contributed by atoms with E-state index in [1.165, 1.54) is 15.8 Å². The molecule has 124 valence electrons. The number of rotatable bonds is 3. The second-order valence-corrected chi connectivity index (χ2v) is 12.1. The SMILES string of the molecule is C[Si](C)(C)c1[nH]c2ccncc2c1C[C@H]1COCCN1C(=O)O.